The third kappa shape index (κ3) is 8.93. The van der Waals surface area contributed by atoms with Crippen LogP contribution in [0.15, 0.2) is 108 Å². The highest BCUT2D eigenvalue weighted by Gasteiger charge is 2.36. The van der Waals surface area contributed by atoms with Crippen molar-refractivity contribution in [3.63, 3.8) is 0 Å². The first kappa shape index (κ1) is 33.7. The Labute approximate surface area is 269 Å². The second-order valence-corrected chi connectivity index (χ2v) is 14.2. The molecule has 0 spiro atoms. The second-order valence-electron chi connectivity index (χ2n) is 11.9. The van der Waals surface area contributed by atoms with Crippen molar-refractivity contribution in [2.45, 2.75) is 57.1 Å². The maximum atomic E-state index is 15.0. The topological polar surface area (TPSA) is 86.8 Å². The van der Waals surface area contributed by atoms with Crippen LogP contribution in [0.2, 0.25) is 5.02 Å². The van der Waals surface area contributed by atoms with Gasteiger partial charge in [-0.1, -0.05) is 77.8 Å². The molecule has 0 aliphatic carbocycles. The fourth-order valence-corrected chi connectivity index (χ4v) is 6.33. The first-order valence-electron chi connectivity index (χ1n) is 14.5. The quantitative estimate of drug-likeness (QED) is 0.200. The van der Waals surface area contributed by atoms with Crippen LogP contribution in [0.25, 0.3) is 0 Å². The number of aryl methyl sites for hydroxylation is 1. The number of amides is 2. The number of halogens is 2. The zero-order chi connectivity index (χ0) is 32.8. The lowest BCUT2D eigenvalue weighted by Crippen LogP contribution is -2.56. The van der Waals surface area contributed by atoms with Gasteiger partial charge >= 0.3 is 0 Å². The predicted octanol–water partition coefficient (Wildman–Crippen LogP) is 6.54. The van der Waals surface area contributed by atoms with Gasteiger partial charge in [0.2, 0.25) is 11.8 Å². The molecule has 4 aromatic rings. The van der Waals surface area contributed by atoms with Gasteiger partial charge in [-0.3, -0.25) is 13.9 Å². The molecule has 10 heteroatoms. The van der Waals surface area contributed by atoms with E-state index in [1.165, 1.54) is 59.5 Å². The van der Waals surface area contributed by atoms with E-state index in [0.29, 0.717) is 5.02 Å². The standard InChI is InChI=1S/C35H37ClFN3O4S/c1-25-14-20-30(21-15-25)45(43,44)40(29-18-16-28(36)17-19-29)24-33(41)39(23-27-12-8-9-13-31(27)37)32(34(42)38-35(2,3)4)22-26-10-6-5-7-11-26/h5-21,32H,22-24H2,1-4H3,(H,38,42). The maximum Gasteiger partial charge on any atom is 0.264 e. The zero-order valence-corrected chi connectivity index (χ0v) is 27.3. The fraction of sp³-hybridized carbons (Fsp3) is 0.257. The summed E-state index contributed by atoms with van der Waals surface area (Å²) in [6.45, 7) is 6.39. The second kappa shape index (κ2) is 14.3. The molecule has 7 nitrogen and oxygen atoms in total. The lowest BCUT2D eigenvalue weighted by atomic mass is 10.0. The number of anilines is 1. The maximum absolute atomic E-state index is 15.0. The number of carbonyl (C=O) groups excluding carboxylic acids is 2. The molecule has 4 rings (SSSR count). The van der Waals surface area contributed by atoms with Crippen molar-refractivity contribution in [2.75, 3.05) is 10.8 Å². The van der Waals surface area contributed by atoms with Gasteiger partial charge in [0.15, 0.2) is 0 Å². The molecule has 1 unspecified atom stereocenters. The number of benzene rings is 4. The van der Waals surface area contributed by atoms with Gasteiger partial charge in [-0.05, 0) is 75.7 Å². The Kier molecular flexibility index (Phi) is 10.7. The van der Waals surface area contributed by atoms with E-state index in [1.54, 1.807) is 18.2 Å². The first-order valence-corrected chi connectivity index (χ1v) is 16.3. The van der Waals surface area contributed by atoms with Crippen LogP contribution in [-0.2, 0) is 32.6 Å². The first-order chi connectivity index (χ1) is 21.2. The Morgan fingerprint density at radius 1 is 0.867 bits per heavy atom. The lowest BCUT2D eigenvalue weighted by Gasteiger charge is -2.35. The normalized spacial score (nSPS) is 12.3. The highest BCUT2D eigenvalue weighted by atomic mass is 35.5. The van der Waals surface area contributed by atoms with Crippen LogP contribution < -0.4 is 9.62 Å². The van der Waals surface area contributed by atoms with E-state index >= 15 is 4.39 Å². The van der Waals surface area contributed by atoms with Crippen molar-refractivity contribution in [1.82, 2.24) is 10.2 Å². The minimum absolute atomic E-state index is 0.0113. The molecule has 0 saturated heterocycles. The Bertz CT molecular complexity index is 1730. The van der Waals surface area contributed by atoms with Crippen LogP contribution in [0.1, 0.15) is 37.5 Å². The van der Waals surface area contributed by atoms with E-state index in [9.17, 15) is 18.0 Å². The number of sulfonamides is 1. The minimum Gasteiger partial charge on any atom is -0.350 e. The van der Waals surface area contributed by atoms with Gasteiger partial charge in [0.25, 0.3) is 10.0 Å². The molecule has 0 bridgehead atoms. The van der Waals surface area contributed by atoms with Crippen molar-refractivity contribution < 1.29 is 22.4 Å². The van der Waals surface area contributed by atoms with E-state index in [0.717, 1.165) is 15.4 Å². The lowest BCUT2D eigenvalue weighted by molar-refractivity contribution is -0.140. The molecule has 0 fully saturated rings. The van der Waals surface area contributed by atoms with E-state index in [-0.39, 0.29) is 29.1 Å². The van der Waals surface area contributed by atoms with Crippen molar-refractivity contribution in [3.8, 4) is 0 Å². The highest BCUT2D eigenvalue weighted by Crippen LogP contribution is 2.27. The number of rotatable bonds is 11. The Hall–Kier alpha value is -4.21. The Balaban J connectivity index is 1.82. The largest absolute Gasteiger partial charge is 0.350 e. The molecule has 2 amide bonds. The molecule has 0 heterocycles. The summed E-state index contributed by atoms with van der Waals surface area (Å²) in [6, 6.07) is 26.5. The van der Waals surface area contributed by atoms with Crippen LogP contribution in [0.3, 0.4) is 0 Å². The number of carbonyl (C=O) groups is 2. The van der Waals surface area contributed by atoms with Gasteiger partial charge in [-0.15, -0.1) is 0 Å². The molecular formula is C35H37ClFN3O4S. The summed E-state index contributed by atoms with van der Waals surface area (Å²) in [7, 11) is -4.26. The third-order valence-electron chi connectivity index (χ3n) is 7.07. The van der Waals surface area contributed by atoms with Crippen molar-refractivity contribution in [1.29, 1.82) is 0 Å². The molecule has 45 heavy (non-hydrogen) atoms. The summed E-state index contributed by atoms with van der Waals surface area (Å²) in [6.07, 6.45) is 0.120. The van der Waals surface area contributed by atoms with E-state index < -0.39 is 45.8 Å². The smallest absolute Gasteiger partial charge is 0.264 e. The molecule has 236 valence electrons. The van der Waals surface area contributed by atoms with Gasteiger partial charge < -0.3 is 10.2 Å². The molecule has 4 aromatic carbocycles. The van der Waals surface area contributed by atoms with Gasteiger partial charge in [0.1, 0.15) is 18.4 Å². The van der Waals surface area contributed by atoms with Crippen LogP contribution in [0, 0.1) is 12.7 Å². The zero-order valence-electron chi connectivity index (χ0n) is 25.7. The van der Waals surface area contributed by atoms with E-state index in [2.05, 4.69) is 5.32 Å². The summed E-state index contributed by atoms with van der Waals surface area (Å²) in [5.74, 6) is -1.68. The molecule has 0 radical (unpaired) electrons. The monoisotopic (exact) mass is 649 g/mol. The number of nitrogens with one attached hydrogen (secondary N) is 1. The Morgan fingerprint density at radius 2 is 1.47 bits per heavy atom. The average molecular weight is 650 g/mol. The summed E-state index contributed by atoms with van der Waals surface area (Å²) in [5.41, 5.74) is 1.40. The van der Waals surface area contributed by atoms with Crippen LogP contribution in [0.4, 0.5) is 10.1 Å². The number of hydrogen-bond donors (Lipinski definition) is 1. The molecule has 0 saturated carbocycles. The van der Waals surface area contributed by atoms with E-state index in [4.69, 9.17) is 11.6 Å². The van der Waals surface area contributed by atoms with Gasteiger partial charge in [0.05, 0.1) is 10.6 Å². The van der Waals surface area contributed by atoms with Gasteiger partial charge in [-0.2, -0.15) is 0 Å². The summed E-state index contributed by atoms with van der Waals surface area (Å²) >= 11 is 6.11. The minimum atomic E-state index is -4.26. The molecule has 0 aliphatic heterocycles. The van der Waals surface area contributed by atoms with Crippen LogP contribution >= 0.6 is 11.6 Å². The average Bonchev–Trinajstić information content (AvgIpc) is 2.99. The molecule has 1 atom stereocenters. The molecule has 0 aromatic heterocycles. The SMILES string of the molecule is Cc1ccc(S(=O)(=O)N(CC(=O)N(Cc2ccccc2F)C(Cc2ccccc2)C(=O)NC(C)(C)C)c2ccc(Cl)cc2)cc1. The Morgan fingerprint density at radius 3 is 2.07 bits per heavy atom. The summed E-state index contributed by atoms with van der Waals surface area (Å²) < 4.78 is 44.1. The molecular weight excluding hydrogens is 613 g/mol. The van der Waals surface area contributed by atoms with Gasteiger partial charge in [0, 0.05) is 29.1 Å². The summed E-state index contributed by atoms with van der Waals surface area (Å²) in [4.78, 5) is 29.6. The van der Waals surface area contributed by atoms with Crippen LogP contribution in [-0.4, -0.2) is 43.3 Å². The highest BCUT2D eigenvalue weighted by molar-refractivity contribution is 7.92. The molecule has 0 aliphatic rings. The predicted molar refractivity (Wildman–Crippen MR) is 176 cm³/mol. The number of hydrogen-bond acceptors (Lipinski definition) is 4. The molecule has 1 N–H and O–H groups in total. The third-order valence-corrected chi connectivity index (χ3v) is 9.11. The van der Waals surface area contributed by atoms with Crippen molar-refractivity contribution in [3.05, 3.63) is 131 Å². The fourth-order valence-electron chi connectivity index (χ4n) is 4.79. The summed E-state index contributed by atoms with van der Waals surface area (Å²) in [5, 5.41) is 3.34. The van der Waals surface area contributed by atoms with E-state index in [1.807, 2.05) is 58.0 Å². The van der Waals surface area contributed by atoms with Crippen LogP contribution in [0.5, 0.6) is 0 Å². The van der Waals surface area contributed by atoms with Crippen molar-refractivity contribution >= 4 is 39.1 Å². The number of nitrogens with zero attached hydrogens (tertiary/aromatic N) is 2. The van der Waals surface area contributed by atoms with Gasteiger partial charge in [-0.25, -0.2) is 12.8 Å². The van der Waals surface area contributed by atoms with Crippen molar-refractivity contribution in [2.24, 2.45) is 0 Å².